The molecule has 0 saturated heterocycles. The Morgan fingerprint density at radius 3 is 2.85 bits per heavy atom. The Morgan fingerprint density at radius 2 is 2.15 bits per heavy atom. The first kappa shape index (κ1) is 13.3. The lowest BCUT2D eigenvalue weighted by molar-refractivity contribution is 0.787. The van der Waals surface area contributed by atoms with Crippen molar-refractivity contribution in [1.82, 2.24) is 24.7 Å². The molecule has 0 spiro atoms. The summed E-state index contributed by atoms with van der Waals surface area (Å²) in [4.78, 5) is 11.2. The summed E-state index contributed by atoms with van der Waals surface area (Å²) in [6.45, 7) is 4.14. The summed E-state index contributed by atoms with van der Waals surface area (Å²) in [7, 11) is 1.91. The zero-order valence-corrected chi connectivity index (χ0v) is 13.0. The van der Waals surface area contributed by atoms with E-state index in [0.717, 1.165) is 21.2 Å². The number of nitrogens with zero attached hydrogens (tertiary/aromatic N) is 5. The molecule has 3 aromatic rings. The standard InChI is InChI=1S/C12H14N6S2/c1-6-7(2)20-11-9(6)10(13)15-8(16-11)4-19-12-17-14-5-18(12)3/h5H,4H2,1-3H3,(H2,13,15,16). The minimum Gasteiger partial charge on any atom is -0.383 e. The van der Waals surface area contributed by atoms with Gasteiger partial charge in [-0.25, -0.2) is 9.97 Å². The van der Waals surface area contributed by atoms with E-state index in [-0.39, 0.29) is 0 Å². The zero-order chi connectivity index (χ0) is 14.3. The number of hydrogen-bond acceptors (Lipinski definition) is 7. The first-order valence-corrected chi connectivity index (χ1v) is 7.85. The fourth-order valence-corrected chi connectivity index (χ4v) is 3.72. The zero-order valence-electron chi connectivity index (χ0n) is 11.4. The highest BCUT2D eigenvalue weighted by molar-refractivity contribution is 7.98. The van der Waals surface area contributed by atoms with Crippen LogP contribution in [-0.4, -0.2) is 24.7 Å². The van der Waals surface area contributed by atoms with Crippen molar-refractivity contribution in [3.63, 3.8) is 0 Å². The van der Waals surface area contributed by atoms with Gasteiger partial charge in [-0.05, 0) is 19.4 Å². The number of fused-ring (bicyclic) bond motifs is 1. The SMILES string of the molecule is Cc1sc2nc(CSc3nncn3C)nc(N)c2c1C. The predicted molar refractivity (Wildman–Crippen MR) is 81.9 cm³/mol. The Kier molecular flexibility index (Phi) is 3.35. The van der Waals surface area contributed by atoms with E-state index >= 15 is 0 Å². The second-order valence-electron chi connectivity index (χ2n) is 4.50. The molecule has 3 heterocycles. The Labute approximate surface area is 124 Å². The van der Waals surface area contributed by atoms with Crippen LogP contribution in [0, 0.1) is 13.8 Å². The van der Waals surface area contributed by atoms with Gasteiger partial charge in [0.05, 0.1) is 11.1 Å². The molecular weight excluding hydrogens is 292 g/mol. The number of nitrogen functional groups attached to an aromatic ring is 1. The molecule has 0 aromatic carbocycles. The Balaban J connectivity index is 1.91. The van der Waals surface area contributed by atoms with Crippen molar-refractivity contribution < 1.29 is 0 Å². The van der Waals surface area contributed by atoms with Gasteiger partial charge in [0.15, 0.2) is 5.16 Å². The van der Waals surface area contributed by atoms with Crippen LogP contribution in [0.5, 0.6) is 0 Å². The number of rotatable bonds is 3. The Hall–Kier alpha value is -1.67. The lowest BCUT2D eigenvalue weighted by Crippen LogP contribution is -2.00. The van der Waals surface area contributed by atoms with Gasteiger partial charge in [0.25, 0.3) is 0 Å². The second kappa shape index (κ2) is 5.02. The van der Waals surface area contributed by atoms with Crippen molar-refractivity contribution in [2.24, 2.45) is 7.05 Å². The van der Waals surface area contributed by atoms with Gasteiger partial charge in [0, 0.05) is 11.9 Å². The van der Waals surface area contributed by atoms with Gasteiger partial charge in [0.1, 0.15) is 22.8 Å². The van der Waals surface area contributed by atoms with Crippen LogP contribution in [-0.2, 0) is 12.8 Å². The summed E-state index contributed by atoms with van der Waals surface area (Å²) in [6.07, 6.45) is 1.67. The Morgan fingerprint density at radius 1 is 1.35 bits per heavy atom. The maximum Gasteiger partial charge on any atom is 0.191 e. The van der Waals surface area contributed by atoms with E-state index in [1.54, 1.807) is 29.4 Å². The molecule has 104 valence electrons. The lowest BCUT2D eigenvalue weighted by atomic mass is 10.2. The van der Waals surface area contributed by atoms with Crippen molar-refractivity contribution >= 4 is 39.1 Å². The van der Waals surface area contributed by atoms with E-state index < -0.39 is 0 Å². The smallest absolute Gasteiger partial charge is 0.191 e. The molecule has 0 radical (unpaired) electrons. The molecule has 0 atom stereocenters. The molecule has 0 fully saturated rings. The van der Waals surface area contributed by atoms with Crippen LogP contribution in [0.1, 0.15) is 16.3 Å². The second-order valence-corrected chi connectivity index (χ2v) is 6.65. The maximum atomic E-state index is 6.06. The third-order valence-electron chi connectivity index (χ3n) is 3.10. The van der Waals surface area contributed by atoms with Crippen molar-refractivity contribution in [2.45, 2.75) is 24.8 Å². The van der Waals surface area contributed by atoms with E-state index in [9.17, 15) is 0 Å². The molecular formula is C12H14N6S2. The number of nitrogens with two attached hydrogens (primary N) is 1. The molecule has 2 N–H and O–H groups in total. The number of thiophene rings is 1. The van der Waals surface area contributed by atoms with Crippen molar-refractivity contribution in [1.29, 1.82) is 0 Å². The third kappa shape index (κ3) is 2.25. The summed E-state index contributed by atoms with van der Waals surface area (Å²) in [5.41, 5.74) is 7.24. The molecule has 6 nitrogen and oxygen atoms in total. The van der Waals surface area contributed by atoms with Gasteiger partial charge < -0.3 is 10.3 Å². The van der Waals surface area contributed by atoms with Crippen LogP contribution < -0.4 is 5.73 Å². The highest BCUT2D eigenvalue weighted by atomic mass is 32.2. The van der Waals surface area contributed by atoms with E-state index in [0.29, 0.717) is 11.6 Å². The molecule has 0 amide bonds. The summed E-state index contributed by atoms with van der Waals surface area (Å²) in [6, 6.07) is 0. The molecule has 8 heteroatoms. The van der Waals surface area contributed by atoms with Crippen LogP contribution in [0.25, 0.3) is 10.2 Å². The summed E-state index contributed by atoms with van der Waals surface area (Å²) in [5.74, 6) is 1.91. The molecule has 3 aromatic heterocycles. The maximum absolute atomic E-state index is 6.06. The molecule has 0 unspecified atom stereocenters. The first-order chi connectivity index (χ1) is 9.56. The van der Waals surface area contributed by atoms with E-state index in [1.165, 1.54) is 10.4 Å². The van der Waals surface area contributed by atoms with Crippen LogP contribution in [0.3, 0.4) is 0 Å². The quantitative estimate of drug-likeness (QED) is 0.748. The molecule has 3 rings (SSSR count). The average Bonchev–Trinajstić information content (AvgIpc) is 2.92. The summed E-state index contributed by atoms with van der Waals surface area (Å²) in [5, 5.41) is 9.70. The number of thioether (sulfide) groups is 1. The van der Waals surface area contributed by atoms with E-state index in [4.69, 9.17) is 5.73 Å². The number of aryl methyl sites for hydroxylation is 3. The van der Waals surface area contributed by atoms with Gasteiger partial charge in [-0.3, -0.25) is 0 Å². The average molecular weight is 306 g/mol. The van der Waals surface area contributed by atoms with E-state index in [1.807, 2.05) is 11.6 Å². The van der Waals surface area contributed by atoms with Crippen LogP contribution in [0.15, 0.2) is 11.5 Å². The monoisotopic (exact) mass is 306 g/mol. The molecule has 0 aliphatic carbocycles. The van der Waals surface area contributed by atoms with Crippen LogP contribution in [0.4, 0.5) is 5.82 Å². The minimum absolute atomic E-state index is 0.561. The van der Waals surface area contributed by atoms with Gasteiger partial charge in [-0.2, -0.15) is 0 Å². The molecule has 0 bridgehead atoms. The molecule has 0 saturated carbocycles. The van der Waals surface area contributed by atoms with Gasteiger partial charge >= 0.3 is 0 Å². The fraction of sp³-hybridized carbons (Fsp3) is 0.333. The van der Waals surface area contributed by atoms with Crippen molar-refractivity contribution in [3.05, 3.63) is 22.6 Å². The predicted octanol–water partition coefficient (Wildman–Crippen LogP) is 2.31. The number of aromatic nitrogens is 5. The van der Waals surface area contributed by atoms with Crippen molar-refractivity contribution in [3.8, 4) is 0 Å². The van der Waals surface area contributed by atoms with Gasteiger partial charge in [-0.15, -0.1) is 21.5 Å². The van der Waals surface area contributed by atoms with Crippen molar-refractivity contribution in [2.75, 3.05) is 5.73 Å². The summed E-state index contributed by atoms with van der Waals surface area (Å²) < 4.78 is 1.87. The topological polar surface area (TPSA) is 82.5 Å². The van der Waals surface area contributed by atoms with Crippen LogP contribution in [0.2, 0.25) is 0 Å². The normalized spacial score (nSPS) is 11.3. The molecule has 20 heavy (non-hydrogen) atoms. The number of hydrogen-bond donors (Lipinski definition) is 1. The fourth-order valence-electron chi connectivity index (χ4n) is 1.92. The third-order valence-corrected chi connectivity index (χ3v) is 5.23. The number of anilines is 1. The Bertz CT molecular complexity index is 776. The van der Waals surface area contributed by atoms with E-state index in [2.05, 4.69) is 34.0 Å². The van der Waals surface area contributed by atoms with Gasteiger partial charge in [0.2, 0.25) is 0 Å². The highest BCUT2D eigenvalue weighted by Gasteiger charge is 2.13. The first-order valence-electron chi connectivity index (χ1n) is 6.05. The molecule has 0 aliphatic heterocycles. The van der Waals surface area contributed by atoms with Crippen LogP contribution >= 0.6 is 23.1 Å². The van der Waals surface area contributed by atoms with Gasteiger partial charge in [-0.1, -0.05) is 11.8 Å². The highest BCUT2D eigenvalue weighted by Crippen LogP contribution is 2.32. The lowest BCUT2D eigenvalue weighted by Gasteiger charge is -2.03. The molecule has 0 aliphatic rings. The largest absolute Gasteiger partial charge is 0.383 e. The minimum atomic E-state index is 0.561. The summed E-state index contributed by atoms with van der Waals surface area (Å²) >= 11 is 3.21.